The summed E-state index contributed by atoms with van der Waals surface area (Å²) in [6.07, 6.45) is 12.3. The Bertz CT molecular complexity index is 1010. The number of hydrogen-bond acceptors (Lipinski definition) is 1. The largest absolute Gasteiger partial charge is 0.376 e. The van der Waals surface area contributed by atoms with Crippen LogP contribution in [0.3, 0.4) is 0 Å². The molecule has 0 bridgehead atoms. The highest BCUT2D eigenvalue weighted by molar-refractivity contribution is 5.69. The van der Waals surface area contributed by atoms with E-state index < -0.39 is 0 Å². The summed E-state index contributed by atoms with van der Waals surface area (Å²) in [6.45, 7) is 13.6. The van der Waals surface area contributed by atoms with Gasteiger partial charge in [-0.1, -0.05) is 88.4 Å². The van der Waals surface area contributed by atoms with Gasteiger partial charge < -0.3 is 5.32 Å². The fraction of sp³-hybridized carbons (Fsp3) is 0.357. The summed E-state index contributed by atoms with van der Waals surface area (Å²) < 4.78 is 0. The zero-order valence-electron chi connectivity index (χ0n) is 18.6. The molecule has 0 saturated carbocycles. The molecule has 1 unspecified atom stereocenters. The Hall–Kier alpha value is -2.54. The average Bonchev–Trinajstić information content (AvgIpc) is 2.65. The third-order valence-electron chi connectivity index (χ3n) is 6.45. The van der Waals surface area contributed by atoms with Crippen molar-refractivity contribution in [2.75, 3.05) is 5.32 Å². The van der Waals surface area contributed by atoms with Gasteiger partial charge >= 0.3 is 0 Å². The maximum Gasteiger partial charge on any atom is 0.0569 e. The molecule has 150 valence electrons. The number of anilines is 1. The van der Waals surface area contributed by atoms with Gasteiger partial charge in [0.15, 0.2) is 0 Å². The number of fused-ring (bicyclic) bond motifs is 2. The first-order valence-corrected chi connectivity index (χ1v) is 10.7. The second-order valence-corrected chi connectivity index (χ2v) is 10.4. The monoisotopic (exact) mass is 383 g/mol. The summed E-state index contributed by atoms with van der Waals surface area (Å²) in [7, 11) is 0. The van der Waals surface area contributed by atoms with Gasteiger partial charge in [0.05, 0.1) is 5.54 Å². The van der Waals surface area contributed by atoms with Gasteiger partial charge in [-0.2, -0.15) is 0 Å². The molecule has 1 atom stereocenters. The molecule has 2 aromatic carbocycles. The number of nitrogens with one attached hydrogen (secondary N) is 1. The second kappa shape index (κ2) is 6.76. The first-order valence-electron chi connectivity index (χ1n) is 10.7. The minimum absolute atomic E-state index is 0.110. The van der Waals surface area contributed by atoms with Gasteiger partial charge in [-0.3, -0.25) is 0 Å². The molecule has 2 aromatic rings. The van der Waals surface area contributed by atoms with E-state index in [0.717, 1.165) is 6.42 Å². The predicted molar refractivity (Wildman–Crippen MR) is 126 cm³/mol. The average molecular weight is 384 g/mol. The Labute approximate surface area is 176 Å². The van der Waals surface area contributed by atoms with Gasteiger partial charge in [-0.05, 0) is 65.6 Å². The number of benzene rings is 2. The van der Waals surface area contributed by atoms with Crippen molar-refractivity contribution in [3.8, 4) is 0 Å². The predicted octanol–water partition coefficient (Wildman–Crippen LogP) is 7.40. The lowest BCUT2D eigenvalue weighted by atomic mass is 9.70. The third-order valence-corrected chi connectivity index (χ3v) is 6.45. The maximum atomic E-state index is 3.77. The van der Waals surface area contributed by atoms with Gasteiger partial charge in [-0.25, -0.2) is 0 Å². The molecular formula is C28H33N. The Morgan fingerprint density at radius 2 is 1.55 bits per heavy atom. The van der Waals surface area contributed by atoms with Crippen LogP contribution in [0.2, 0.25) is 0 Å². The molecule has 0 amide bonds. The first-order chi connectivity index (χ1) is 13.6. The van der Waals surface area contributed by atoms with E-state index in [2.05, 4.69) is 120 Å². The lowest BCUT2D eigenvalue weighted by Crippen LogP contribution is -2.28. The molecule has 1 N–H and O–H groups in total. The zero-order valence-corrected chi connectivity index (χ0v) is 18.6. The van der Waals surface area contributed by atoms with E-state index in [9.17, 15) is 0 Å². The molecule has 0 heterocycles. The molecule has 2 aliphatic carbocycles. The van der Waals surface area contributed by atoms with Crippen LogP contribution >= 0.6 is 0 Å². The zero-order chi connectivity index (χ0) is 20.9. The van der Waals surface area contributed by atoms with Crippen molar-refractivity contribution in [2.45, 2.75) is 58.9 Å². The van der Waals surface area contributed by atoms with Crippen LogP contribution in [-0.2, 0) is 17.4 Å². The Balaban J connectivity index is 1.59. The van der Waals surface area contributed by atoms with E-state index in [4.69, 9.17) is 0 Å². The summed E-state index contributed by atoms with van der Waals surface area (Å²) in [5.41, 5.74) is 8.18. The molecule has 0 fully saturated rings. The molecule has 2 aliphatic rings. The van der Waals surface area contributed by atoms with Crippen LogP contribution in [0.1, 0.15) is 63.8 Å². The van der Waals surface area contributed by atoms with Crippen LogP contribution in [0.25, 0.3) is 6.08 Å². The summed E-state index contributed by atoms with van der Waals surface area (Å²) in [4.78, 5) is 0. The highest BCUT2D eigenvalue weighted by Gasteiger charge is 2.31. The van der Waals surface area contributed by atoms with Crippen molar-refractivity contribution in [1.29, 1.82) is 0 Å². The SMILES string of the molecule is CC12C=CC=CC1=Cc1ccc(NC(C)(C)c3ccc(C(C)(C)C)cc3)cc1C2. The Kier molecular flexibility index (Phi) is 4.61. The van der Waals surface area contributed by atoms with Gasteiger partial charge in [0.1, 0.15) is 0 Å². The van der Waals surface area contributed by atoms with Crippen molar-refractivity contribution in [2.24, 2.45) is 5.41 Å². The summed E-state index contributed by atoms with van der Waals surface area (Å²) in [6, 6.07) is 15.9. The minimum Gasteiger partial charge on any atom is -0.376 e. The Morgan fingerprint density at radius 1 is 0.862 bits per heavy atom. The third kappa shape index (κ3) is 3.83. The van der Waals surface area contributed by atoms with Crippen LogP contribution in [0, 0.1) is 5.41 Å². The molecule has 0 aliphatic heterocycles. The maximum absolute atomic E-state index is 3.77. The van der Waals surface area contributed by atoms with Gasteiger partial charge in [-0.15, -0.1) is 0 Å². The topological polar surface area (TPSA) is 12.0 Å². The van der Waals surface area contributed by atoms with E-state index >= 15 is 0 Å². The normalized spacial score (nSPS) is 20.7. The first kappa shape index (κ1) is 19.8. The second-order valence-electron chi connectivity index (χ2n) is 10.4. The molecule has 0 radical (unpaired) electrons. The van der Waals surface area contributed by atoms with Crippen LogP contribution in [0.15, 0.2) is 72.3 Å². The molecule has 1 heteroatoms. The molecule has 0 aromatic heterocycles. The summed E-state index contributed by atoms with van der Waals surface area (Å²) >= 11 is 0. The van der Waals surface area contributed by atoms with E-state index in [1.807, 2.05) is 0 Å². The standard InChI is InChI=1S/C28H33N/c1-26(2,3)22-11-13-23(14-12-22)27(4,5)29-25-15-10-20-17-24-9-7-8-16-28(24,6)19-21(20)18-25/h7-18,29H,19H2,1-6H3. The highest BCUT2D eigenvalue weighted by Crippen LogP contribution is 2.43. The molecular weight excluding hydrogens is 350 g/mol. The lowest BCUT2D eigenvalue weighted by molar-refractivity contribution is 0.516. The van der Waals surface area contributed by atoms with Gasteiger partial charge in [0, 0.05) is 11.1 Å². The number of hydrogen-bond donors (Lipinski definition) is 1. The molecule has 0 spiro atoms. The lowest BCUT2D eigenvalue weighted by Gasteiger charge is -2.35. The van der Waals surface area contributed by atoms with Crippen LogP contribution in [0.5, 0.6) is 0 Å². The van der Waals surface area contributed by atoms with E-state index in [1.165, 1.54) is 33.5 Å². The summed E-state index contributed by atoms with van der Waals surface area (Å²) in [5, 5.41) is 3.77. The van der Waals surface area contributed by atoms with Gasteiger partial charge in [0.2, 0.25) is 0 Å². The van der Waals surface area contributed by atoms with E-state index in [0.29, 0.717) is 0 Å². The summed E-state index contributed by atoms with van der Waals surface area (Å²) in [5.74, 6) is 0. The highest BCUT2D eigenvalue weighted by atomic mass is 15.0. The van der Waals surface area contributed by atoms with Gasteiger partial charge in [0.25, 0.3) is 0 Å². The van der Waals surface area contributed by atoms with Crippen LogP contribution < -0.4 is 5.32 Å². The Morgan fingerprint density at radius 3 is 2.24 bits per heavy atom. The number of allylic oxidation sites excluding steroid dienone is 5. The van der Waals surface area contributed by atoms with Crippen molar-refractivity contribution in [3.05, 3.63) is 94.6 Å². The smallest absolute Gasteiger partial charge is 0.0569 e. The molecule has 29 heavy (non-hydrogen) atoms. The fourth-order valence-corrected chi connectivity index (χ4v) is 4.45. The van der Waals surface area contributed by atoms with Crippen molar-refractivity contribution in [3.63, 3.8) is 0 Å². The quantitative estimate of drug-likeness (QED) is 0.582. The van der Waals surface area contributed by atoms with Crippen molar-refractivity contribution < 1.29 is 0 Å². The van der Waals surface area contributed by atoms with E-state index in [1.54, 1.807) is 0 Å². The van der Waals surface area contributed by atoms with Crippen LogP contribution in [0.4, 0.5) is 5.69 Å². The molecule has 1 nitrogen and oxygen atoms in total. The van der Waals surface area contributed by atoms with Crippen LogP contribution in [-0.4, -0.2) is 0 Å². The minimum atomic E-state index is -0.141. The van der Waals surface area contributed by atoms with E-state index in [-0.39, 0.29) is 16.4 Å². The van der Waals surface area contributed by atoms with Crippen molar-refractivity contribution >= 4 is 11.8 Å². The number of rotatable bonds is 3. The molecule has 0 saturated heterocycles. The van der Waals surface area contributed by atoms with Crippen molar-refractivity contribution in [1.82, 2.24) is 0 Å². The fourth-order valence-electron chi connectivity index (χ4n) is 4.45. The molecule has 4 rings (SSSR count).